The van der Waals surface area contributed by atoms with E-state index in [2.05, 4.69) is 16.4 Å². The lowest BCUT2D eigenvalue weighted by Gasteiger charge is -2.18. The number of benzene rings is 1. The third-order valence-electron chi connectivity index (χ3n) is 5.13. The highest BCUT2D eigenvalue weighted by Gasteiger charge is 2.23. The van der Waals surface area contributed by atoms with Gasteiger partial charge in [-0.1, -0.05) is 30.0 Å². The molecule has 0 spiro atoms. The summed E-state index contributed by atoms with van der Waals surface area (Å²) in [6.07, 6.45) is 4.80. The number of carbonyl (C=O) groups excluding carboxylic acids is 1. The molecule has 1 amide bonds. The number of amides is 1. The van der Waals surface area contributed by atoms with E-state index in [1.54, 1.807) is 7.11 Å². The molecule has 0 fully saturated rings. The maximum absolute atomic E-state index is 12.9. The van der Waals surface area contributed by atoms with Gasteiger partial charge in [-0.05, 0) is 61.9 Å². The second-order valence-corrected chi connectivity index (χ2v) is 9.34. The normalized spacial score (nSPS) is 14.0. The first kappa shape index (κ1) is 20.6. The fourth-order valence-corrected chi connectivity index (χ4v) is 5.41. The summed E-state index contributed by atoms with van der Waals surface area (Å²) in [5.41, 5.74) is 3.61. The van der Waals surface area contributed by atoms with Gasteiger partial charge in [-0.25, -0.2) is 9.97 Å². The zero-order valence-corrected chi connectivity index (χ0v) is 18.5. The standard InChI is InChI=1S/C22H22N4O2S2/c1-3-18(29-21-14(12-23)10-13-6-4-5-7-16(13)24-21)20(27)26-22-25-17-9-8-15(28-2)11-19(17)30-22/h8-11,18H,3-7H2,1-2H3,(H,25,26,27). The first-order valence-electron chi connectivity index (χ1n) is 9.96. The summed E-state index contributed by atoms with van der Waals surface area (Å²) in [7, 11) is 1.62. The maximum atomic E-state index is 12.9. The molecule has 1 aliphatic carbocycles. The number of pyridine rings is 1. The van der Waals surface area contributed by atoms with Gasteiger partial charge in [0.25, 0.3) is 0 Å². The average molecular weight is 439 g/mol. The van der Waals surface area contributed by atoms with Gasteiger partial charge in [0.05, 0.1) is 28.1 Å². The highest BCUT2D eigenvalue weighted by molar-refractivity contribution is 8.00. The van der Waals surface area contributed by atoms with E-state index in [9.17, 15) is 10.1 Å². The van der Waals surface area contributed by atoms with Crippen LogP contribution in [0.25, 0.3) is 10.2 Å². The number of aromatic nitrogens is 2. The topological polar surface area (TPSA) is 87.9 Å². The molecule has 0 saturated carbocycles. The predicted molar refractivity (Wildman–Crippen MR) is 120 cm³/mol. The molecule has 154 valence electrons. The number of nitrogens with one attached hydrogen (secondary N) is 1. The number of hydrogen-bond acceptors (Lipinski definition) is 7. The van der Waals surface area contributed by atoms with Crippen LogP contribution in [0, 0.1) is 11.3 Å². The van der Waals surface area contributed by atoms with Crippen LogP contribution in [0.15, 0.2) is 29.3 Å². The molecule has 2 heterocycles. The van der Waals surface area contributed by atoms with Crippen LogP contribution < -0.4 is 10.1 Å². The van der Waals surface area contributed by atoms with Crippen molar-refractivity contribution >= 4 is 44.4 Å². The molecule has 0 radical (unpaired) electrons. The Hall–Kier alpha value is -2.63. The Balaban J connectivity index is 1.53. The number of hydrogen-bond donors (Lipinski definition) is 1. The molecule has 1 aliphatic rings. The van der Waals surface area contributed by atoms with E-state index >= 15 is 0 Å². The first-order chi connectivity index (χ1) is 14.6. The molecule has 0 bridgehead atoms. The summed E-state index contributed by atoms with van der Waals surface area (Å²) in [6.45, 7) is 1.96. The van der Waals surface area contributed by atoms with Crippen molar-refractivity contribution in [2.75, 3.05) is 12.4 Å². The molecule has 30 heavy (non-hydrogen) atoms. The molecule has 0 aliphatic heterocycles. The fourth-order valence-electron chi connectivity index (χ4n) is 3.51. The van der Waals surface area contributed by atoms with Crippen LogP contribution in [0.5, 0.6) is 5.75 Å². The van der Waals surface area contributed by atoms with Gasteiger partial charge in [-0.2, -0.15) is 5.26 Å². The van der Waals surface area contributed by atoms with E-state index in [-0.39, 0.29) is 11.2 Å². The number of thioether (sulfide) groups is 1. The van der Waals surface area contributed by atoms with Crippen LogP contribution in [0.4, 0.5) is 5.13 Å². The smallest absolute Gasteiger partial charge is 0.239 e. The Bertz CT molecular complexity index is 1140. The van der Waals surface area contributed by atoms with Crippen LogP contribution in [0.1, 0.15) is 43.0 Å². The number of methoxy groups -OCH3 is 1. The van der Waals surface area contributed by atoms with Gasteiger partial charge in [-0.3, -0.25) is 4.79 Å². The Kier molecular flexibility index (Phi) is 6.21. The summed E-state index contributed by atoms with van der Waals surface area (Å²) in [4.78, 5) is 22.2. The predicted octanol–water partition coefficient (Wildman–Crippen LogP) is 4.96. The molecular formula is C22H22N4O2S2. The number of nitrogens with zero attached hydrogens (tertiary/aromatic N) is 3. The molecule has 1 aromatic carbocycles. The number of fused-ring (bicyclic) bond motifs is 2. The maximum Gasteiger partial charge on any atom is 0.239 e. The van der Waals surface area contributed by atoms with Crippen LogP contribution in [0.2, 0.25) is 0 Å². The van der Waals surface area contributed by atoms with Crippen LogP contribution in [-0.2, 0) is 17.6 Å². The lowest BCUT2D eigenvalue weighted by atomic mass is 9.95. The SMILES string of the molecule is CCC(Sc1nc2c(cc1C#N)CCCC2)C(=O)Nc1nc2ccc(OC)cc2s1. The lowest BCUT2D eigenvalue weighted by Crippen LogP contribution is -2.25. The van der Waals surface area contributed by atoms with Crippen molar-refractivity contribution in [1.29, 1.82) is 5.26 Å². The Morgan fingerprint density at radius 3 is 2.93 bits per heavy atom. The number of thiazole rings is 1. The number of carbonyl (C=O) groups is 1. The number of nitriles is 1. The molecule has 2 aromatic heterocycles. The summed E-state index contributed by atoms with van der Waals surface area (Å²) >= 11 is 2.78. The molecular weight excluding hydrogens is 416 g/mol. The largest absolute Gasteiger partial charge is 0.497 e. The van der Waals surface area contributed by atoms with Gasteiger partial charge >= 0.3 is 0 Å². The molecule has 1 N–H and O–H groups in total. The minimum absolute atomic E-state index is 0.128. The number of ether oxygens (including phenoxy) is 1. The summed E-state index contributed by atoms with van der Waals surface area (Å²) in [6, 6.07) is 9.84. The van der Waals surface area contributed by atoms with Gasteiger partial charge in [0.2, 0.25) is 5.91 Å². The monoisotopic (exact) mass is 438 g/mol. The quantitative estimate of drug-likeness (QED) is 0.547. The summed E-state index contributed by atoms with van der Waals surface area (Å²) in [5.74, 6) is 0.630. The second kappa shape index (κ2) is 9.02. The number of rotatable bonds is 6. The van der Waals surface area contributed by atoms with Crippen molar-refractivity contribution in [3.8, 4) is 11.8 Å². The minimum atomic E-state index is -0.354. The van der Waals surface area contributed by atoms with Gasteiger partial charge in [0, 0.05) is 5.69 Å². The Morgan fingerprint density at radius 1 is 1.33 bits per heavy atom. The summed E-state index contributed by atoms with van der Waals surface area (Å²) in [5, 5.41) is 13.4. The van der Waals surface area contributed by atoms with E-state index in [0.29, 0.717) is 22.1 Å². The first-order valence-corrected chi connectivity index (χ1v) is 11.7. The number of anilines is 1. The molecule has 0 saturated heterocycles. The van der Waals surface area contributed by atoms with Crippen LogP contribution in [-0.4, -0.2) is 28.2 Å². The van der Waals surface area contributed by atoms with Gasteiger partial charge < -0.3 is 10.1 Å². The van der Waals surface area contributed by atoms with Crippen molar-refractivity contribution in [2.45, 2.75) is 49.3 Å². The van der Waals surface area contributed by atoms with Gasteiger partial charge in [0.15, 0.2) is 5.13 Å². The van der Waals surface area contributed by atoms with E-state index in [0.717, 1.165) is 47.3 Å². The molecule has 4 rings (SSSR count). The van der Waals surface area contributed by atoms with E-state index in [4.69, 9.17) is 9.72 Å². The van der Waals surface area contributed by atoms with Crippen LogP contribution >= 0.6 is 23.1 Å². The van der Waals surface area contributed by atoms with Gasteiger partial charge in [-0.15, -0.1) is 0 Å². The Labute approximate surface area is 183 Å². The van der Waals surface area contributed by atoms with Crippen molar-refractivity contribution in [3.05, 3.63) is 41.1 Å². The third kappa shape index (κ3) is 4.27. The van der Waals surface area contributed by atoms with Crippen LogP contribution in [0.3, 0.4) is 0 Å². The summed E-state index contributed by atoms with van der Waals surface area (Å²) < 4.78 is 6.20. The fraction of sp³-hybridized carbons (Fsp3) is 0.364. The molecule has 1 unspecified atom stereocenters. The molecule has 3 aromatic rings. The van der Waals surface area contributed by atoms with Crippen molar-refractivity contribution < 1.29 is 9.53 Å². The average Bonchev–Trinajstić information content (AvgIpc) is 3.17. The zero-order chi connectivity index (χ0) is 21.1. The molecule has 8 heteroatoms. The van der Waals surface area contributed by atoms with Gasteiger partial charge in [0.1, 0.15) is 16.8 Å². The third-order valence-corrected chi connectivity index (χ3v) is 7.43. The van der Waals surface area contributed by atoms with E-state index in [1.807, 2.05) is 31.2 Å². The Morgan fingerprint density at radius 2 is 2.17 bits per heavy atom. The highest BCUT2D eigenvalue weighted by Crippen LogP contribution is 2.33. The minimum Gasteiger partial charge on any atom is -0.497 e. The number of aryl methyl sites for hydroxylation is 2. The van der Waals surface area contributed by atoms with E-state index < -0.39 is 0 Å². The zero-order valence-electron chi connectivity index (χ0n) is 16.9. The molecule has 1 atom stereocenters. The van der Waals surface area contributed by atoms with Crippen molar-refractivity contribution in [1.82, 2.24) is 9.97 Å². The van der Waals surface area contributed by atoms with Crippen molar-refractivity contribution in [2.24, 2.45) is 0 Å². The van der Waals surface area contributed by atoms with E-state index in [1.165, 1.54) is 28.7 Å². The lowest BCUT2D eigenvalue weighted by molar-refractivity contribution is -0.115. The highest BCUT2D eigenvalue weighted by atomic mass is 32.2. The second-order valence-electron chi connectivity index (χ2n) is 7.12. The molecule has 6 nitrogen and oxygen atoms in total. The van der Waals surface area contributed by atoms with Crippen molar-refractivity contribution in [3.63, 3.8) is 0 Å².